The van der Waals surface area contributed by atoms with Crippen molar-refractivity contribution in [2.75, 3.05) is 20.3 Å². The third-order valence-electron chi connectivity index (χ3n) is 4.97. The molecular formula is C23H20FN3O4S2. The fourth-order valence-electron chi connectivity index (χ4n) is 3.32. The van der Waals surface area contributed by atoms with Crippen LogP contribution in [0.1, 0.15) is 17.5 Å². The fraction of sp³-hybridized carbons (Fsp3) is 0.217. The zero-order chi connectivity index (χ0) is 23.5. The molecule has 10 heteroatoms. The van der Waals surface area contributed by atoms with Crippen molar-refractivity contribution in [1.29, 1.82) is 0 Å². The molecule has 0 radical (unpaired) electrons. The van der Waals surface area contributed by atoms with Crippen molar-refractivity contribution in [3.8, 4) is 11.6 Å². The minimum atomic E-state index is -0.598. The molecular weight excluding hydrogens is 465 g/mol. The van der Waals surface area contributed by atoms with Gasteiger partial charge in [0, 0.05) is 26.5 Å². The van der Waals surface area contributed by atoms with Gasteiger partial charge in [-0.2, -0.15) is 4.98 Å². The van der Waals surface area contributed by atoms with Gasteiger partial charge in [-0.25, -0.2) is 4.39 Å². The van der Waals surface area contributed by atoms with E-state index in [1.54, 1.807) is 38.4 Å². The monoisotopic (exact) mass is 485 g/mol. The molecule has 1 aliphatic rings. The van der Waals surface area contributed by atoms with Crippen molar-refractivity contribution in [2.45, 2.75) is 13.3 Å². The third-order valence-corrected chi connectivity index (χ3v) is 6.35. The summed E-state index contributed by atoms with van der Waals surface area (Å²) in [5.74, 6) is -1.08. The number of carbonyl (C=O) groups is 1. The minimum absolute atomic E-state index is 0.0266. The average molecular weight is 486 g/mol. The van der Waals surface area contributed by atoms with Crippen LogP contribution in [0.25, 0.3) is 11.7 Å². The van der Waals surface area contributed by atoms with E-state index >= 15 is 0 Å². The fourth-order valence-corrected chi connectivity index (χ4v) is 4.61. The van der Waals surface area contributed by atoms with Crippen molar-refractivity contribution in [3.63, 3.8) is 0 Å². The summed E-state index contributed by atoms with van der Waals surface area (Å²) in [5, 5.41) is 0. The summed E-state index contributed by atoms with van der Waals surface area (Å²) in [6.45, 7) is 2.70. The van der Waals surface area contributed by atoms with Crippen molar-refractivity contribution in [1.82, 2.24) is 14.3 Å². The molecule has 0 aliphatic carbocycles. The van der Waals surface area contributed by atoms with E-state index < -0.39 is 11.4 Å². The van der Waals surface area contributed by atoms with E-state index in [2.05, 4.69) is 4.98 Å². The van der Waals surface area contributed by atoms with Gasteiger partial charge in [-0.15, -0.1) is 0 Å². The Labute approximate surface area is 198 Å². The summed E-state index contributed by atoms with van der Waals surface area (Å²) in [7, 11) is 1.59. The first-order chi connectivity index (χ1) is 15.9. The van der Waals surface area contributed by atoms with Gasteiger partial charge in [0.25, 0.3) is 11.5 Å². The van der Waals surface area contributed by atoms with Gasteiger partial charge in [0.2, 0.25) is 5.88 Å². The number of ether oxygens (including phenoxy) is 2. The first-order valence-electron chi connectivity index (χ1n) is 10.1. The first-order valence-corrected chi connectivity index (χ1v) is 11.3. The highest BCUT2D eigenvalue weighted by Crippen LogP contribution is 2.34. The van der Waals surface area contributed by atoms with Gasteiger partial charge in [-0.05, 0) is 43.2 Å². The average Bonchev–Trinajstić information content (AvgIpc) is 3.06. The second-order valence-electron chi connectivity index (χ2n) is 7.23. The van der Waals surface area contributed by atoms with E-state index in [1.807, 2.05) is 0 Å². The van der Waals surface area contributed by atoms with Crippen LogP contribution >= 0.6 is 24.0 Å². The molecule has 0 spiro atoms. The number of benzene rings is 1. The molecule has 3 heterocycles. The van der Waals surface area contributed by atoms with Gasteiger partial charge in [0.1, 0.15) is 15.5 Å². The number of amides is 1. The highest BCUT2D eigenvalue weighted by molar-refractivity contribution is 8.26. The maximum Gasteiger partial charge on any atom is 0.269 e. The number of rotatable bonds is 7. The molecule has 0 saturated carbocycles. The van der Waals surface area contributed by atoms with Gasteiger partial charge in [-0.3, -0.25) is 18.9 Å². The van der Waals surface area contributed by atoms with Crippen LogP contribution in [-0.4, -0.2) is 44.8 Å². The number of para-hydroxylation sites is 1. The predicted molar refractivity (Wildman–Crippen MR) is 129 cm³/mol. The van der Waals surface area contributed by atoms with Crippen LogP contribution in [0, 0.1) is 12.7 Å². The van der Waals surface area contributed by atoms with E-state index in [1.165, 1.54) is 33.6 Å². The van der Waals surface area contributed by atoms with E-state index in [4.69, 9.17) is 21.7 Å². The molecule has 2 aromatic heterocycles. The van der Waals surface area contributed by atoms with Gasteiger partial charge in [0.15, 0.2) is 11.6 Å². The Morgan fingerprint density at radius 1 is 1.21 bits per heavy atom. The van der Waals surface area contributed by atoms with Crippen LogP contribution in [0.5, 0.6) is 11.6 Å². The van der Waals surface area contributed by atoms with Gasteiger partial charge in [0.05, 0.1) is 4.91 Å². The SMILES string of the molecule is COCCCN1C(=O)/C(=C\c2c(Oc3ccccc3F)nc3c(C)cccn3c2=O)SC1=S. The number of carbonyl (C=O) groups excluding carboxylic acids is 1. The second-order valence-corrected chi connectivity index (χ2v) is 8.91. The van der Waals surface area contributed by atoms with Gasteiger partial charge >= 0.3 is 0 Å². The Hall–Kier alpha value is -3.08. The van der Waals surface area contributed by atoms with Crippen molar-refractivity contribution < 1.29 is 18.7 Å². The van der Waals surface area contributed by atoms with Crippen molar-refractivity contribution in [3.05, 3.63) is 74.8 Å². The molecule has 0 bridgehead atoms. The molecule has 1 aliphatic heterocycles. The van der Waals surface area contributed by atoms with Crippen LogP contribution in [-0.2, 0) is 9.53 Å². The zero-order valence-corrected chi connectivity index (χ0v) is 19.5. The molecule has 1 amide bonds. The van der Waals surface area contributed by atoms with E-state index in [0.717, 1.165) is 17.3 Å². The number of aromatic nitrogens is 2. The maximum atomic E-state index is 14.3. The summed E-state index contributed by atoms with van der Waals surface area (Å²) in [5.41, 5.74) is 0.695. The van der Waals surface area contributed by atoms with E-state index in [9.17, 15) is 14.0 Å². The number of halogens is 1. The number of fused-ring (bicyclic) bond motifs is 1. The molecule has 33 heavy (non-hydrogen) atoms. The summed E-state index contributed by atoms with van der Waals surface area (Å²) in [4.78, 5) is 32.5. The Morgan fingerprint density at radius 3 is 2.76 bits per heavy atom. The number of aryl methyl sites for hydroxylation is 1. The molecule has 4 rings (SSSR count). The topological polar surface area (TPSA) is 73.1 Å². The lowest BCUT2D eigenvalue weighted by Gasteiger charge is -2.13. The van der Waals surface area contributed by atoms with E-state index in [-0.39, 0.29) is 28.0 Å². The summed E-state index contributed by atoms with van der Waals surface area (Å²) in [6, 6.07) is 9.36. The Morgan fingerprint density at radius 2 is 2.00 bits per heavy atom. The summed E-state index contributed by atoms with van der Waals surface area (Å²) < 4.78 is 26.8. The lowest BCUT2D eigenvalue weighted by Crippen LogP contribution is -2.29. The lowest BCUT2D eigenvalue weighted by atomic mass is 10.2. The largest absolute Gasteiger partial charge is 0.435 e. The highest BCUT2D eigenvalue weighted by atomic mass is 32.2. The first kappa shape index (κ1) is 23.1. The lowest BCUT2D eigenvalue weighted by molar-refractivity contribution is -0.122. The number of hydrogen-bond donors (Lipinski definition) is 0. The maximum absolute atomic E-state index is 14.3. The van der Waals surface area contributed by atoms with Crippen LogP contribution in [0.2, 0.25) is 0 Å². The Kier molecular flexibility index (Phi) is 6.87. The summed E-state index contributed by atoms with van der Waals surface area (Å²) >= 11 is 6.44. The molecule has 3 aromatic rings. The zero-order valence-electron chi connectivity index (χ0n) is 17.9. The van der Waals surface area contributed by atoms with Gasteiger partial charge in [-0.1, -0.05) is 42.2 Å². The quantitative estimate of drug-likeness (QED) is 0.283. The molecule has 0 atom stereocenters. The molecule has 1 aromatic carbocycles. The molecule has 170 valence electrons. The molecule has 0 N–H and O–H groups in total. The number of pyridine rings is 1. The summed E-state index contributed by atoms with van der Waals surface area (Å²) in [6.07, 6.45) is 3.62. The minimum Gasteiger partial charge on any atom is -0.435 e. The van der Waals surface area contributed by atoms with Crippen LogP contribution in [0.4, 0.5) is 4.39 Å². The van der Waals surface area contributed by atoms with Crippen LogP contribution < -0.4 is 10.3 Å². The number of thiocarbonyl (C=S) groups is 1. The number of methoxy groups -OCH3 is 1. The molecule has 1 saturated heterocycles. The standard InChI is InChI=1S/C23H20FN3O4S2/c1-14-7-5-10-26-19(14)25-20(31-17-9-4-3-8-16(17)24)15(21(26)28)13-18-22(29)27(23(32)33-18)11-6-12-30-2/h3-5,7-10,13H,6,11-12H2,1-2H3/b18-13+. The van der Waals surface area contributed by atoms with Crippen molar-refractivity contribution >= 4 is 45.9 Å². The number of hydrogen-bond acceptors (Lipinski definition) is 7. The number of nitrogens with zero attached hydrogens (tertiary/aromatic N) is 3. The smallest absolute Gasteiger partial charge is 0.269 e. The van der Waals surface area contributed by atoms with Crippen LogP contribution in [0.3, 0.4) is 0 Å². The third kappa shape index (κ3) is 4.68. The molecule has 0 unspecified atom stereocenters. The molecule has 1 fully saturated rings. The normalized spacial score (nSPS) is 15.1. The predicted octanol–water partition coefficient (Wildman–Crippen LogP) is 4.17. The number of thioether (sulfide) groups is 1. The Balaban J connectivity index is 1.82. The van der Waals surface area contributed by atoms with E-state index in [0.29, 0.717) is 29.5 Å². The second kappa shape index (κ2) is 9.82. The van der Waals surface area contributed by atoms with Crippen molar-refractivity contribution in [2.24, 2.45) is 0 Å². The molecule has 7 nitrogen and oxygen atoms in total. The highest BCUT2D eigenvalue weighted by Gasteiger charge is 2.32. The van der Waals surface area contributed by atoms with Crippen LogP contribution in [0.15, 0.2) is 52.3 Å². The Bertz CT molecular complexity index is 1340. The van der Waals surface area contributed by atoms with Gasteiger partial charge < -0.3 is 9.47 Å².